The lowest BCUT2D eigenvalue weighted by Gasteiger charge is -2.22. The molecule has 30 heavy (non-hydrogen) atoms. The van der Waals surface area contributed by atoms with Crippen LogP contribution in [0.4, 0.5) is 0 Å². The first-order valence-electron chi connectivity index (χ1n) is 9.16. The number of carboxylic acid groups (broad SMARTS) is 1. The molecule has 0 spiro atoms. The van der Waals surface area contributed by atoms with Crippen molar-refractivity contribution < 1.29 is 24.3 Å². The Kier molecular flexibility index (Phi) is 11.3. The number of hydrogen-bond donors (Lipinski definition) is 7. The number of aromatic nitrogens is 2. The average molecular weight is 461 g/mol. The van der Waals surface area contributed by atoms with E-state index in [-0.39, 0.29) is 18.6 Å². The van der Waals surface area contributed by atoms with E-state index in [4.69, 9.17) is 5.73 Å². The Labute approximate surface area is 184 Å². The van der Waals surface area contributed by atoms with Crippen molar-refractivity contribution in [1.29, 1.82) is 0 Å². The Bertz CT molecular complexity index is 718. The van der Waals surface area contributed by atoms with Crippen LogP contribution in [-0.2, 0) is 25.6 Å². The normalized spacial score (nSPS) is 14.8. The zero-order valence-electron chi connectivity index (χ0n) is 16.8. The molecule has 4 atom stereocenters. The second kappa shape index (κ2) is 13.1. The molecular formula is C17H28N6O5S2. The van der Waals surface area contributed by atoms with E-state index in [2.05, 4.69) is 38.5 Å². The molecule has 1 rings (SSSR count). The fraction of sp³-hybridized carbons (Fsp3) is 0.588. The summed E-state index contributed by atoms with van der Waals surface area (Å²) in [7, 11) is 0. The number of carboxylic acids is 1. The number of hydrogen-bond acceptors (Lipinski definition) is 8. The summed E-state index contributed by atoms with van der Waals surface area (Å²) in [6, 6.07) is -3.98. The van der Waals surface area contributed by atoms with E-state index in [1.54, 1.807) is 6.20 Å². The number of nitrogens with one attached hydrogen (secondary N) is 4. The Balaban J connectivity index is 2.58. The van der Waals surface area contributed by atoms with Crippen LogP contribution in [0.3, 0.4) is 0 Å². The van der Waals surface area contributed by atoms with Crippen LogP contribution in [0.15, 0.2) is 12.5 Å². The number of thiol groups is 1. The van der Waals surface area contributed by atoms with Gasteiger partial charge in [-0.05, 0) is 25.4 Å². The molecule has 0 radical (unpaired) electrons. The molecule has 1 heterocycles. The summed E-state index contributed by atoms with van der Waals surface area (Å²) in [5.41, 5.74) is 6.52. The molecule has 0 aliphatic heterocycles. The zero-order chi connectivity index (χ0) is 22.7. The third-order valence-corrected chi connectivity index (χ3v) is 5.13. The van der Waals surface area contributed by atoms with Crippen LogP contribution in [0.5, 0.6) is 0 Å². The van der Waals surface area contributed by atoms with Gasteiger partial charge >= 0.3 is 5.97 Å². The lowest BCUT2D eigenvalue weighted by molar-refractivity contribution is -0.142. The van der Waals surface area contributed by atoms with Gasteiger partial charge in [-0.25, -0.2) is 9.78 Å². The number of thioether (sulfide) groups is 1. The number of rotatable bonds is 13. The van der Waals surface area contributed by atoms with Gasteiger partial charge < -0.3 is 31.8 Å². The number of carbonyl (C=O) groups is 4. The fourth-order valence-electron chi connectivity index (χ4n) is 2.37. The van der Waals surface area contributed by atoms with E-state index in [1.807, 2.05) is 6.26 Å². The number of aliphatic carboxylic acids is 1. The Morgan fingerprint density at radius 2 is 1.87 bits per heavy atom. The van der Waals surface area contributed by atoms with Gasteiger partial charge in [-0.1, -0.05) is 0 Å². The highest BCUT2D eigenvalue weighted by molar-refractivity contribution is 7.98. The van der Waals surface area contributed by atoms with Crippen molar-refractivity contribution in [2.45, 2.75) is 43.9 Å². The Morgan fingerprint density at radius 3 is 2.40 bits per heavy atom. The number of amides is 3. The van der Waals surface area contributed by atoms with Gasteiger partial charge in [0.1, 0.15) is 18.1 Å². The summed E-state index contributed by atoms with van der Waals surface area (Å²) in [5.74, 6) is -2.44. The molecule has 168 valence electrons. The summed E-state index contributed by atoms with van der Waals surface area (Å²) >= 11 is 5.53. The summed E-state index contributed by atoms with van der Waals surface area (Å²) in [6.07, 6.45) is 5.30. The van der Waals surface area contributed by atoms with Gasteiger partial charge in [-0.3, -0.25) is 14.4 Å². The number of aromatic amines is 1. The molecule has 0 fully saturated rings. The molecule has 11 nitrogen and oxygen atoms in total. The van der Waals surface area contributed by atoms with E-state index in [1.165, 1.54) is 25.0 Å². The molecule has 3 amide bonds. The Hall–Kier alpha value is -2.25. The van der Waals surface area contributed by atoms with E-state index in [9.17, 15) is 24.3 Å². The standard InChI is InChI=1S/C17H28N6O5S2/c1-9(14(24)22-12(17(27)28)3-4-30-2)21-16(26)13(7-29)23-15(25)11(18)5-10-6-19-8-20-10/h6,8-9,11-13,29H,3-5,7,18H2,1-2H3,(H,19,20)(H,21,26)(H,22,24)(H,23,25)(H,27,28). The minimum Gasteiger partial charge on any atom is -0.480 e. The molecule has 13 heteroatoms. The smallest absolute Gasteiger partial charge is 0.326 e. The first-order chi connectivity index (χ1) is 14.2. The van der Waals surface area contributed by atoms with Crippen molar-refractivity contribution in [2.75, 3.05) is 17.8 Å². The van der Waals surface area contributed by atoms with Gasteiger partial charge in [0.25, 0.3) is 0 Å². The maximum absolute atomic E-state index is 12.4. The largest absolute Gasteiger partial charge is 0.480 e. The molecular weight excluding hydrogens is 432 g/mol. The second-order valence-electron chi connectivity index (χ2n) is 6.54. The third-order valence-electron chi connectivity index (χ3n) is 4.12. The van der Waals surface area contributed by atoms with Crippen LogP contribution in [0.25, 0.3) is 0 Å². The monoisotopic (exact) mass is 460 g/mol. The van der Waals surface area contributed by atoms with Crippen LogP contribution in [-0.4, -0.2) is 80.7 Å². The molecule has 0 aliphatic rings. The molecule has 0 aromatic carbocycles. The molecule has 0 bridgehead atoms. The lowest BCUT2D eigenvalue weighted by Crippen LogP contribution is -2.57. The SMILES string of the molecule is CSCCC(NC(=O)C(C)NC(=O)C(CS)NC(=O)C(N)Cc1cnc[nH]1)C(=O)O. The van der Waals surface area contributed by atoms with Crippen LogP contribution < -0.4 is 21.7 Å². The third kappa shape index (κ3) is 8.63. The van der Waals surface area contributed by atoms with Gasteiger partial charge in [0.05, 0.1) is 12.4 Å². The molecule has 0 saturated heterocycles. The fourth-order valence-corrected chi connectivity index (χ4v) is 3.10. The highest BCUT2D eigenvalue weighted by Crippen LogP contribution is 2.02. The first-order valence-corrected chi connectivity index (χ1v) is 11.2. The van der Waals surface area contributed by atoms with Gasteiger partial charge in [-0.15, -0.1) is 0 Å². The van der Waals surface area contributed by atoms with Crippen LogP contribution in [0.2, 0.25) is 0 Å². The van der Waals surface area contributed by atoms with Gasteiger partial charge in [0.15, 0.2) is 0 Å². The molecule has 4 unspecified atom stereocenters. The lowest BCUT2D eigenvalue weighted by atomic mass is 10.1. The van der Waals surface area contributed by atoms with Gasteiger partial charge in [-0.2, -0.15) is 24.4 Å². The first kappa shape index (κ1) is 25.8. The highest BCUT2D eigenvalue weighted by Gasteiger charge is 2.27. The maximum Gasteiger partial charge on any atom is 0.326 e. The topological polar surface area (TPSA) is 179 Å². The maximum atomic E-state index is 12.4. The van der Waals surface area contributed by atoms with Crippen molar-refractivity contribution in [3.8, 4) is 0 Å². The van der Waals surface area contributed by atoms with Crippen LogP contribution in [0.1, 0.15) is 19.0 Å². The summed E-state index contributed by atoms with van der Waals surface area (Å²) in [4.78, 5) is 54.8. The van der Waals surface area contributed by atoms with Crippen molar-refractivity contribution in [3.63, 3.8) is 0 Å². The number of imidazole rings is 1. The van der Waals surface area contributed by atoms with Crippen molar-refractivity contribution in [2.24, 2.45) is 5.73 Å². The van der Waals surface area contributed by atoms with Crippen molar-refractivity contribution in [3.05, 3.63) is 18.2 Å². The zero-order valence-corrected chi connectivity index (χ0v) is 18.5. The molecule has 1 aromatic heterocycles. The van der Waals surface area contributed by atoms with E-state index in [0.717, 1.165) is 0 Å². The van der Waals surface area contributed by atoms with Gasteiger partial charge in [0, 0.05) is 24.1 Å². The number of nitrogens with zero attached hydrogens (tertiary/aromatic N) is 1. The Morgan fingerprint density at radius 1 is 1.20 bits per heavy atom. The summed E-state index contributed by atoms with van der Waals surface area (Å²) in [5, 5.41) is 16.5. The number of carbonyl (C=O) groups excluding carboxylic acids is 3. The predicted molar refractivity (Wildman–Crippen MR) is 116 cm³/mol. The predicted octanol–water partition coefficient (Wildman–Crippen LogP) is -1.48. The van der Waals surface area contributed by atoms with E-state index < -0.39 is 47.9 Å². The van der Waals surface area contributed by atoms with Gasteiger partial charge in [0.2, 0.25) is 17.7 Å². The quantitative estimate of drug-likeness (QED) is 0.174. The highest BCUT2D eigenvalue weighted by atomic mass is 32.2. The molecule has 1 aromatic rings. The molecule has 0 saturated carbocycles. The van der Waals surface area contributed by atoms with Crippen molar-refractivity contribution in [1.82, 2.24) is 25.9 Å². The summed E-state index contributed by atoms with van der Waals surface area (Å²) in [6.45, 7) is 1.42. The van der Waals surface area contributed by atoms with Crippen molar-refractivity contribution >= 4 is 48.1 Å². The van der Waals surface area contributed by atoms with Crippen LogP contribution >= 0.6 is 24.4 Å². The average Bonchev–Trinajstić information content (AvgIpc) is 3.21. The molecule has 0 aliphatic carbocycles. The summed E-state index contributed by atoms with van der Waals surface area (Å²) < 4.78 is 0. The molecule has 7 N–H and O–H groups in total. The van der Waals surface area contributed by atoms with Crippen LogP contribution in [0, 0.1) is 0 Å². The number of H-pyrrole nitrogens is 1. The second-order valence-corrected chi connectivity index (χ2v) is 7.89. The minimum absolute atomic E-state index is 0.0197. The van der Waals surface area contributed by atoms with E-state index >= 15 is 0 Å². The minimum atomic E-state index is -1.15. The van der Waals surface area contributed by atoms with E-state index in [0.29, 0.717) is 11.4 Å². The number of nitrogens with two attached hydrogens (primary N) is 1.